The predicted molar refractivity (Wildman–Crippen MR) is 82.0 cm³/mol. The smallest absolute Gasteiger partial charge is 0.161 e. The van der Waals surface area contributed by atoms with Gasteiger partial charge < -0.3 is 15.6 Å². The standard InChI is InChI=1S/C12H11ClIN3O2/c1-19-5-8-10(14)11(15)17-12(16-8)6-2-3-9(18)7(13)4-6/h2-4,18H,5H2,1H3,(H2,15,16,17). The lowest BCUT2D eigenvalue weighted by Gasteiger charge is -2.09. The molecule has 0 atom stereocenters. The van der Waals surface area contributed by atoms with Gasteiger partial charge in [-0.2, -0.15) is 0 Å². The number of nitrogens with zero attached hydrogens (tertiary/aromatic N) is 2. The Labute approximate surface area is 128 Å². The van der Waals surface area contributed by atoms with Gasteiger partial charge in [-0.15, -0.1) is 0 Å². The lowest BCUT2D eigenvalue weighted by molar-refractivity contribution is 0.181. The highest BCUT2D eigenvalue weighted by Gasteiger charge is 2.12. The number of hydrogen-bond donors (Lipinski definition) is 2. The fraction of sp³-hybridized carbons (Fsp3) is 0.167. The molecule has 0 fully saturated rings. The topological polar surface area (TPSA) is 81.3 Å². The summed E-state index contributed by atoms with van der Waals surface area (Å²) in [5.41, 5.74) is 7.26. The van der Waals surface area contributed by atoms with Crippen LogP contribution < -0.4 is 5.73 Å². The zero-order valence-corrected chi connectivity index (χ0v) is 12.9. The third-order valence-electron chi connectivity index (χ3n) is 2.43. The number of nitrogens with two attached hydrogens (primary N) is 1. The highest BCUT2D eigenvalue weighted by atomic mass is 127. The molecule has 0 aliphatic carbocycles. The Balaban J connectivity index is 2.52. The molecule has 0 saturated carbocycles. The van der Waals surface area contributed by atoms with E-state index in [4.69, 9.17) is 22.1 Å². The lowest BCUT2D eigenvalue weighted by atomic mass is 10.2. The fourth-order valence-electron chi connectivity index (χ4n) is 1.52. The fourth-order valence-corrected chi connectivity index (χ4v) is 2.10. The Morgan fingerprint density at radius 3 is 2.79 bits per heavy atom. The van der Waals surface area contributed by atoms with E-state index in [0.29, 0.717) is 23.8 Å². The molecular weight excluding hydrogens is 381 g/mol. The summed E-state index contributed by atoms with van der Waals surface area (Å²) in [7, 11) is 1.59. The first-order valence-corrected chi connectivity index (χ1v) is 6.78. The maximum Gasteiger partial charge on any atom is 0.161 e. The van der Waals surface area contributed by atoms with E-state index in [1.54, 1.807) is 19.2 Å². The van der Waals surface area contributed by atoms with E-state index in [9.17, 15) is 5.11 Å². The zero-order chi connectivity index (χ0) is 14.0. The third-order valence-corrected chi connectivity index (χ3v) is 3.91. The van der Waals surface area contributed by atoms with Crippen LogP contribution in [0.2, 0.25) is 5.02 Å². The van der Waals surface area contributed by atoms with E-state index < -0.39 is 0 Å². The number of aromatic hydroxyl groups is 1. The summed E-state index contributed by atoms with van der Waals surface area (Å²) in [5.74, 6) is 0.856. The van der Waals surface area contributed by atoms with Crippen LogP contribution in [0, 0.1) is 3.57 Å². The van der Waals surface area contributed by atoms with Crippen molar-refractivity contribution in [3.05, 3.63) is 32.5 Å². The van der Waals surface area contributed by atoms with Crippen molar-refractivity contribution in [2.75, 3.05) is 12.8 Å². The predicted octanol–water partition coefficient (Wildman–Crippen LogP) is 2.84. The Bertz CT molecular complexity index is 622. The highest BCUT2D eigenvalue weighted by molar-refractivity contribution is 14.1. The molecule has 100 valence electrons. The van der Waals surface area contributed by atoms with Crippen LogP contribution in [0.3, 0.4) is 0 Å². The van der Waals surface area contributed by atoms with Gasteiger partial charge in [0.15, 0.2) is 5.82 Å². The first-order chi connectivity index (χ1) is 9.02. The number of nitrogen functional groups attached to an aromatic ring is 1. The van der Waals surface area contributed by atoms with Gasteiger partial charge in [0, 0.05) is 12.7 Å². The number of rotatable bonds is 3. The molecular formula is C12H11ClIN3O2. The van der Waals surface area contributed by atoms with Gasteiger partial charge in [0.1, 0.15) is 11.6 Å². The first-order valence-electron chi connectivity index (χ1n) is 5.32. The summed E-state index contributed by atoms with van der Waals surface area (Å²) >= 11 is 7.95. The SMILES string of the molecule is COCc1nc(-c2ccc(O)c(Cl)c2)nc(N)c1I. The van der Waals surface area contributed by atoms with Crippen LogP contribution in [-0.2, 0) is 11.3 Å². The Kier molecular flexibility index (Phi) is 4.43. The van der Waals surface area contributed by atoms with Crippen LogP contribution in [0.1, 0.15) is 5.69 Å². The molecule has 0 saturated heterocycles. The van der Waals surface area contributed by atoms with E-state index in [-0.39, 0.29) is 10.8 Å². The molecule has 1 aromatic heterocycles. The van der Waals surface area contributed by atoms with Crippen LogP contribution in [0.5, 0.6) is 5.75 Å². The summed E-state index contributed by atoms with van der Waals surface area (Å²) in [5, 5.41) is 9.65. The molecule has 7 heteroatoms. The monoisotopic (exact) mass is 391 g/mol. The summed E-state index contributed by atoms with van der Waals surface area (Å²) in [6.45, 7) is 0.351. The minimum Gasteiger partial charge on any atom is -0.506 e. The van der Waals surface area contributed by atoms with Gasteiger partial charge >= 0.3 is 0 Å². The maximum atomic E-state index is 9.41. The minimum absolute atomic E-state index is 0.0148. The van der Waals surface area contributed by atoms with Crippen LogP contribution in [0.15, 0.2) is 18.2 Å². The summed E-state index contributed by atoms with van der Waals surface area (Å²) < 4.78 is 5.85. The summed E-state index contributed by atoms with van der Waals surface area (Å²) in [4.78, 5) is 8.62. The van der Waals surface area contributed by atoms with Crippen molar-refractivity contribution in [1.29, 1.82) is 0 Å². The van der Waals surface area contributed by atoms with E-state index in [0.717, 1.165) is 9.26 Å². The number of anilines is 1. The molecule has 0 amide bonds. The highest BCUT2D eigenvalue weighted by Crippen LogP contribution is 2.29. The van der Waals surface area contributed by atoms with Crippen LogP contribution in [-0.4, -0.2) is 22.2 Å². The molecule has 5 nitrogen and oxygen atoms in total. The van der Waals surface area contributed by atoms with Gasteiger partial charge in [-0.05, 0) is 40.8 Å². The maximum absolute atomic E-state index is 9.41. The average molecular weight is 392 g/mol. The van der Waals surface area contributed by atoms with Gasteiger partial charge in [0.05, 0.1) is 20.9 Å². The Morgan fingerprint density at radius 2 is 2.16 bits per heavy atom. The number of benzene rings is 1. The van der Waals surface area contributed by atoms with Crippen molar-refractivity contribution in [1.82, 2.24) is 9.97 Å². The largest absolute Gasteiger partial charge is 0.506 e. The molecule has 19 heavy (non-hydrogen) atoms. The van der Waals surface area contributed by atoms with Gasteiger partial charge in [-0.3, -0.25) is 0 Å². The van der Waals surface area contributed by atoms with Crippen molar-refractivity contribution in [3.8, 4) is 17.1 Å². The van der Waals surface area contributed by atoms with Gasteiger partial charge in [0.2, 0.25) is 0 Å². The molecule has 2 aromatic rings. The molecule has 3 N–H and O–H groups in total. The molecule has 0 aliphatic rings. The van der Waals surface area contributed by atoms with Crippen LogP contribution in [0.4, 0.5) is 5.82 Å². The first kappa shape index (κ1) is 14.3. The number of halogens is 2. The van der Waals surface area contributed by atoms with Crippen LogP contribution in [0.25, 0.3) is 11.4 Å². The van der Waals surface area contributed by atoms with Gasteiger partial charge in [-0.25, -0.2) is 9.97 Å². The molecule has 0 radical (unpaired) electrons. The normalized spacial score (nSPS) is 10.7. The summed E-state index contributed by atoms with van der Waals surface area (Å²) in [6.07, 6.45) is 0. The van der Waals surface area contributed by atoms with Gasteiger partial charge in [-0.1, -0.05) is 11.6 Å². The molecule has 0 aliphatic heterocycles. The number of methoxy groups -OCH3 is 1. The number of phenolic OH excluding ortho intramolecular Hbond substituents is 1. The molecule has 0 bridgehead atoms. The molecule has 2 rings (SSSR count). The van der Waals surface area contributed by atoms with E-state index >= 15 is 0 Å². The molecule has 1 aromatic carbocycles. The number of hydrogen-bond acceptors (Lipinski definition) is 5. The van der Waals surface area contributed by atoms with E-state index in [1.165, 1.54) is 6.07 Å². The lowest BCUT2D eigenvalue weighted by Crippen LogP contribution is -2.05. The molecule has 0 unspecified atom stereocenters. The van der Waals surface area contributed by atoms with Gasteiger partial charge in [0.25, 0.3) is 0 Å². The van der Waals surface area contributed by atoms with Crippen molar-refractivity contribution in [3.63, 3.8) is 0 Å². The van der Waals surface area contributed by atoms with Crippen molar-refractivity contribution >= 4 is 40.0 Å². The van der Waals surface area contributed by atoms with E-state index in [1.807, 2.05) is 0 Å². The number of ether oxygens (including phenoxy) is 1. The van der Waals surface area contributed by atoms with Crippen molar-refractivity contribution < 1.29 is 9.84 Å². The minimum atomic E-state index is 0.0148. The second kappa shape index (κ2) is 5.89. The number of aromatic nitrogens is 2. The molecule has 0 spiro atoms. The summed E-state index contributed by atoms with van der Waals surface area (Å²) in [6, 6.07) is 4.76. The third kappa shape index (κ3) is 3.07. The van der Waals surface area contributed by atoms with Crippen LogP contribution >= 0.6 is 34.2 Å². The quantitative estimate of drug-likeness (QED) is 0.787. The van der Waals surface area contributed by atoms with Crippen molar-refractivity contribution in [2.24, 2.45) is 0 Å². The molecule has 1 heterocycles. The van der Waals surface area contributed by atoms with E-state index in [2.05, 4.69) is 32.6 Å². The second-order valence-electron chi connectivity index (χ2n) is 3.79. The Hall–Kier alpha value is -1.12. The van der Waals surface area contributed by atoms with Crippen molar-refractivity contribution in [2.45, 2.75) is 6.61 Å². The average Bonchev–Trinajstić information content (AvgIpc) is 2.38. The second-order valence-corrected chi connectivity index (χ2v) is 5.28. The zero-order valence-electron chi connectivity index (χ0n) is 10.0. The Morgan fingerprint density at radius 1 is 1.42 bits per heavy atom. The number of phenols is 1.